The third-order valence-electron chi connectivity index (χ3n) is 5.93. The molecule has 1 aromatic heterocycles. The quantitative estimate of drug-likeness (QED) is 0.589. The van der Waals surface area contributed by atoms with Gasteiger partial charge in [-0.25, -0.2) is 0 Å². The van der Waals surface area contributed by atoms with Crippen molar-refractivity contribution in [3.05, 3.63) is 59.4 Å². The molecule has 6 nitrogen and oxygen atoms in total. The molecule has 2 saturated heterocycles. The lowest BCUT2D eigenvalue weighted by Crippen LogP contribution is -2.53. The van der Waals surface area contributed by atoms with Crippen LogP contribution < -0.4 is 4.74 Å². The van der Waals surface area contributed by atoms with E-state index in [1.54, 1.807) is 24.4 Å². The van der Waals surface area contributed by atoms with Crippen molar-refractivity contribution in [3.63, 3.8) is 0 Å². The largest absolute Gasteiger partial charge is 0.481 e. The van der Waals surface area contributed by atoms with Crippen molar-refractivity contribution in [3.8, 4) is 5.75 Å². The normalized spacial score (nSPS) is 24.0. The van der Waals surface area contributed by atoms with Gasteiger partial charge in [0.25, 0.3) is 5.91 Å². The smallest absolute Gasteiger partial charge is 0.425 e. The summed E-state index contributed by atoms with van der Waals surface area (Å²) < 4.78 is 95.0. The topological polar surface area (TPSA) is 60.9 Å². The summed E-state index contributed by atoms with van der Waals surface area (Å²) in [6, 6.07) is 7.56. The molecule has 2 aliphatic rings. The van der Waals surface area contributed by atoms with Crippen molar-refractivity contribution < 1.29 is 45.3 Å². The number of benzene rings is 1. The number of pyridine rings is 1. The lowest BCUT2D eigenvalue weighted by Gasteiger charge is -2.41. The molecule has 12 heteroatoms. The van der Waals surface area contributed by atoms with Gasteiger partial charge in [-0.05, 0) is 37.3 Å². The van der Waals surface area contributed by atoms with E-state index in [1.165, 1.54) is 4.90 Å². The maximum atomic E-state index is 13.6. The third-order valence-corrected chi connectivity index (χ3v) is 5.93. The highest BCUT2D eigenvalue weighted by Crippen LogP contribution is 2.42. The third kappa shape index (κ3) is 4.56. The van der Waals surface area contributed by atoms with Crippen molar-refractivity contribution in [1.82, 2.24) is 9.88 Å². The maximum Gasteiger partial charge on any atom is 0.425 e. The Bertz CT molecular complexity index is 1050. The highest BCUT2D eigenvalue weighted by Gasteiger charge is 2.52. The Labute approximate surface area is 190 Å². The van der Waals surface area contributed by atoms with E-state index in [-0.39, 0.29) is 25.4 Å². The van der Waals surface area contributed by atoms with Crippen molar-refractivity contribution in [2.24, 2.45) is 0 Å². The molecule has 0 saturated carbocycles. The lowest BCUT2D eigenvalue weighted by molar-refractivity contribution is -0.191. The summed E-state index contributed by atoms with van der Waals surface area (Å²) in [5, 5.41) is 0. The Morgan fingerprint density at radius 1 is 1.21 bits per heavy atom. The molecule has 3 unspecified atom stereocenters. The number of likely N-dealkylation sites (tertiary alicyclic amines) is 1. The minimum absolute atomic E-state index is 0.0229. The average molecular weight is 490 g/mol. The Balaban J connectivity index is 1.57. The fourth-order valence-corrected chi connectivity index (χ4v) is 4.07. The number of hydrogen-bond donors (Lipinski definition) is 0. The lowest BCUT2D eigenvalue weighted by atomic mass is 9.85. The maximum absolute atomic E-state index is 13.6. The molecule has 2 aliphatic heterocycles. The molecule has 34 heavy (non-hydrogen) atoms. The highest BCUT2D eigenvalue weighted by molar-refractivity contribution is 5.94. The molecular formula is C22H20F6N2O4. The predicted molar refractivity (Wildman–Crippen MR) is 105 cm³/mol. The van der Waals surface area contributed by atoms with Gasteiger partial charge in [-0.1, -0.05) is 6.07 Å². The van der Waals surface area contributed by atoms with Crippen LogP contribution in [0.5, 0.6) is 5.75 Å². The molecule has 0 N–H and O–H groups in total. The number of amides is 1. The van der Waals surface area contributed by atoms with Crippen LogP contribution >= 0.6 is 0 Å². The van der Waals surface area contributed by atoms with Gasteiger partial charge in [0.05, 0.1) is 17.8 Å². The number of piperidine rings is 1. The molecule has 0 spiro atoms. The van der Waals surface area contributed by atoms with Crippen LogP contribution in [0.2, 0.25) is 0 Å². The zero-order chi connectivity index (χ0) is 24.7. The summed E-state index contributed by atoms with van der Waals surface area (Å²) in [4.78, 5) is 18.7. The molecule has 0 bridgehead atoms. The van der Waals surface area contributed by atoms with Crippen LogP contribution in [-0.2, 0) is 21.3 Å². The fourth-order valence-electron chi connectivity index (χ4n) is 4.07. The molecule has 184 valence electrons. The first-order chi connectivity index (χ1) is 15.9. The minimum atomic E-state index is -5.03. The molecule has 3 heterocycles. The summed E-state index contributed by atoms with van der Waals surface area (Å²) >= 11 is 0. The second-order valence-electron chi connectivity index (χ2n) is 8.03. The molecule has 4 rings (SSSR count). The van der Waals surface area contributed by atoms with Crippen LogP contribution in [-0.4, -0.2) is 54.1 Å². The Morgan fingerprint density at radius 3 is 2.62 bits per heavy atom. The molecular weight excluding hydrogens is 470 g/mol. The van der Waals surface area contributed by atoms with Crippen molar-refractivity contribution in [1.29, 1.82) is 0 Å². The number of carbonyl (C=O) groups excluding carboxylic acids is 1. The Morgan fingerprint density at radius 2 is 1.97 bits per heavy atom. The molecule has 0 aliphatic carbocycles. The van der Waals surface area contributed by atoms with Gasteiger partial charge in [0.1, 0.15) is 24.2 Å². The van der Waals surface area contributed by atoms with Gasteiger partial charge >= 0.3 is 12.4 Å². The van der Waals surface area contributed by atoms with Crippen molar-refractivity contribution >= 4 is 5.91 Å². The zero-order valence-corrected chi connectivity index (χ0v) is 17.8. The SMILES string of the molecule is CC(Oc1ccc(C(=O)N2CCC3(c4ccccn4)OCOC3C2)cc1C(F)(F)F)C(F)(F)F. The number of hydrogen-bond acceptors (Lipinski definition) is 5. The van der Waals surface area contributed by atoms with Crippen LogP contribution in [0.25, 0.3) is 0 Å². The predicted octanol–water partition coefficient (Wildman–Crippen LogP) is 4.54. The van der Waals surface area contributed by atoms with Crippen molar-refractivity contribution in [2.45, 2.75) is 43.5 Å². The van der Waals surface area contributed by atoms with Crippen LogP contribution in [0, 0.1) is 0 Å². The molecule has 1 aromatic carbocycles. The molecule has 2 fully saturated rings. The Hall–Kier alpha value is -2.86. The van der Waals surface area contributed by atoms with Gasteiger partial charge in [0, 0.05) is 24.7 Å². The number of aromatic nitrogens is 1. The standard InChI is InChI=1S/C22H20F6N2O4/c1-13(21(23,24)25)34-16-6-5-14(10-15(16)22(26,27)28)19(31)30-9-7-20(17-4-2-3-8-29-17)18(11-30)32-12-33-20/h2-6,8,10,13,18H,7,9,11-12H2,1H3. The molecule has 3 atom stereocenters. The molecule has 0 radical (unpaired) electrons. The van der Waals surface area contributed by atoms with Crippen LogP contribution in [0.15, 0.2) is 42.6 Å². The Kier molecular flexibility index (Phi) is 6.23. The minimum Gasteiger partial charge on any atom is -0.481 e. The number of halogens is 6. The average Bonchev–Trinajstić information content (AvgIpc) is 3.22. The fraction of sp³-hybridized carbons (Fsp3) is 0.455. The van der Waals surface area contributed by atoms with Gasteiger partial charge in [0.15, 0.2) is 6.10 Å². The zero-order valence-electron chi connectivity index (χ0n) is 17.8. The van der Waals surface area contributed by atoms with E-state index < -0.39 is 47.4 Å². The van der Waals surface area contributed by atoms with Gasteiger partial charge in [-0.2, -0.15) is 26.3 Å². The second-order valence-corrected chi connectivity index (χ2v) is 8.03. The number of ether oxygens (including phenoxy) is 3. The number of alkyl halides is 6. The summed E-state index contributed by atoms with van der Waals surface area (Å²) in [5.74, 6) is -1.72. The van der Waals surface area contributed by atoms with E-state index in [0.717, 1.165) is 12.1 Å². The first-order valence-corrected chi connectivity index (χ1v) is 10.3. The summed E-state index contributed by atoms with van der Waals surface area (Å²) in [6.45, 7) is 0.773. The molecule has 1 amide bonds. The van der Waals surface area contributed by atoms with E-state index in [9.17, 15) is 31.1 Å². The van der Waals surface area contributed by atoms with E-state index in [4.69, 9.17) is 9.47 Å². The van der Waals surface area contributed by atoms with Gasteiger partial charge in [-0.3, -0.25) is 9.78 Å². The monoisotopic (exact) mass is 490 g/mol. The number of rotatable bonds is 4. The summed E-state index contributed by atoms with van der Waals surface area (Å²) in [7, 11) is 0. The van der Waals surface area contributed by atoms with Gasteiger partial charge in [0.2, 0.25) is 0 Å². The van der Waals surface area contributed by atoms with Gasteiger partial charge < -0.3 is 19.1 Å². The van der Waals surface area contributed by atoms with Crippen LogP contribution in [0.1, 0.15) is 35.0 Å². The van der Waals surface area contributed by atoms with Crippen LogP contribution in [0.4, 0.5) is 26.3 Å². The number of fused-ring (bicyclic) bond motifs is 1. The summed E-state index contributed by atoms with van der Waals surface area (Å²) in [5.41, 5.74) is -2.04. The number of nitrogens with zero attached hydrogens (tertiary/aromatic N) is 2. The van der Waals surface area contributed by atoms with Gasteiger partial charge in [-0.15, -0.1) is 0 Å². The number of carbonyl (C=O) groups is 1. The highest BCUT2D eigenvalue weighted by atomic mass is 19.4. The van der Waals surface area contributed by atoms with E-state index in [2.05, 4.69) is 9.72 Å². The second kappa shape index (κ2) is 8.73. The van der Waals surface area contributed by atoms with Crippen molar-refractivity contribution in [2.75, 3.05) is 19.9 Å². The van der Waals surface area contributed by atoms with E-state index >= 15 is 0 Å². The van der Waals surface area contributed by atoms with Crippen LogP contribution in [0.3, 0.4) is 0 Å². The summed E-state index contributed by atoms with van der Waals surface area (Å²) in [6.07, 6.45) is -11.0. The molecule has 2 aromatic rings. The van der Waals surface area contributed by atoms with E-state index in [0.29, 0.717) is 25.1 Å². The first kappa shape index (κ1) is 24.3. The van der Waals surface area contributed by atoms with E-state index in [1.807, 2.05) is 0 Å². The first-order valence-electron chi connectivity index (χ1n) is 10.3.